The minimum atomic E-state index is -0.560. The molecule has 0 aliphatic carbocycles. The van der Waals surface area contributed by atoms with Gasteiger partial charge in [0.25, 0.3) is 0 Å². The Hall–Kier alpha value is -2.74. The SMILES string of the molecule is CCN(C(=O)OC(C)(C)C)[C@H]1CCN(c2c(Cl)cnc3c2c2cc(C#N)ncc2n3COCC[S+](C)C)C1. The van der Waals surface area contributed by atoms with Crippen LogP contribution in [0.4, 0.5) is 10.5 Å². The van der Waals surface area contributed by atoms with Crippen molar-refractivity contribution in [3.63, 3.8) is 0 Å². The van der Waals surface area contributed by atoms with Gasteiger partial charge in [0, 0.05) is 25.0 Å². The zero-order valence-electron chi connectivity index (χ0n) is 23.0. The van der Waals surface area contributed by atoms with E-state index in [-0.39, 0.29) is 12.1 Å². The van der Waals surface area contributed by atoms with Crippen LogP contribution in [-0.4, -0.2) is 81.7 Å². The first kappa shape index (κ1) is 28.3. The fourth-order valence-electron chi connectivity index (χ4n) is 4.84. The Kier molecular flexibility index (Phi) is 8.60. The summed E-state index contributed by atoms with van der Waals surface area (Å²) in [7, 11) is 0.292. The minimum absolute atomic E-state index is 0.0148. The van der Waals surface area contributed by atoms with E-state index in [1.54, 1.807) is 23.4 Å². The number of halogens is 1. The Morgan fingerprint density at radius 1 is 1.32 bits per heavy atom. The molecule has 204 valence electrons. The van der Waals surface area contributed by atoms with Gasteiger partial charge in [0.15, 0.2) is 0 Å². The Balaban J connectivity index is 1.73. The number of anilines is 1. The number of likely N-dealkylation sites (N-methyl/N-ethyl adjacent to an activating group) is 1. The van der Waals surface area contributed by atoms with Crippen LogP contribution in [0.1, 0.15) is 39.8 Å². The topological polar surface area (TPSA) is 96.5 Å². The van der Waals surface area contributed by atoms with E-state index in [1.807, 2.05) is 32.3 Å². The second kappa shape index (κ2) is 11.6. The maximum Gasteiger partial charge on any atom is 0.410 e. The number of hydrogen-bond acceptors (Lipinski definition) is 7. The third-order valence-electron chi connectivity index (χ3n) is 6.55. The molecule has 0 N–H and O–H groups in total. The van der Waals surface area contributed by atoms with Crippen molar-refractivity contribution in [1.29, 1.82) is 5.26 Å². The zero-order valence-corrected chi connectivity index (χ0v) is 24.5. The molecule has 4 heterocycles. The number of rotatable bonds is 8. The van der Waals surface area contributed by atoms with Crippen molar-refractivity contribution in [2.45, 2.75) is 52.5 Å². The number of nitrogens with zero attached hydrogens (tertiary/aromatic N) is 6. The van der Waals surface area contributed by atoms with Crippen LogP contribution in [0, 0.1) is 11.3 Å². The van der Waals surface area contributed by atoms with Crippen LogP contribution in [0.15, 0.2) is 18.5 Å². The van der Waals surface area contributed by atoms with Crippen LogP contribution in [0.2, 0.25) is 5.02 Å². The molecule has 1 amide bonds. The molecule has 0 bridgehead atoms. The second-order valence-corrected chi connectivity index (χ2v) is 13.4. The average Bonchev–Trinajstić information content (AvgIpc) is 3.44. The number of carbonyl (C=O) groups is 1. The maximum absolute atomic E-state index is 12.9. The summed E-state index contributed by atoms with van der Waals surface area (Å²) in [4.78, 5) is 25.9. The minimum Gasteiger partial charge on any atom is -0.444 e. The molecule has 0 aromatic carbocycles. The molecule has 4 rings (SSSR count). The molecule has 3 aromatic rings. The van der Waals surface area contributed by atoms with Gasteiger partial charge < -0.3 is 19.3 Å². The molecular weight excluding hydrogens is 524 g/mol. The average molecular weight is 560 g/mol. The quantitative estimate of drug-likeness (QED) is 0.289. The molecule has 1 aliphatic heterocycles. The summed E-state index contributed by atoms with van der Waals surface area (Å²) in [5, 5.41) is 11.8. The van der Waals surface area contributed by atoms with Crippen LogP contribution >= 0.6 is 11.6 Å². The molecule has 3 aromatic heterocycles. The molecule has 11 heteroatoms. The van der Waals surface area contributed by atoms with E-state index in [0.717, 1.165) is 46.3 Å². The third kappa shape index (κ3) is 5.95. The smallest absolute Gasteiger partial charge is 0.410 e. The summed E-state index contributed by atoms with van der Waals surface area (Å²) >= 11 is 6.81. The first-order chi connectivity index (χ1) is 18.0. The van der Waals surface area contributed by atoms with Gasteiger partial charge in [0.2, 0.25) is 0 Å². The van der Waals surface area contributed by atoms with Gasteiger partial charge in [-0.3, -0.25) is 4.57 Å². The first-order valence-electron chi connectivity index (χ1n) is 12.8. The van der Waals surface area contributed by atoms with Gasteiger partial charge in [0.05, 0.1) is 59.2 Å². The standard InChI is InChI=1S/C27H36ClN6O3S/c1-7-33(26(35)37-27(2,3)4)19-8-9-32(16-19)24-21(28)14-31-25-23(24)20-12-18(13-29)30-15-22(20)34(25)17-36-10-11-38(5)6/h12,14-15,19H,7-11,16-17H2,1-6H3/q+1/t19-/m0/s1. The number of ether oxygens (including phenoxy) is 2. The van der Waals surface area contributed by atoms with Gasteiger partial charge in [-0.25, -0.2) is 14.8 Å². The number of hydrogen-bond donors (Lipinski definition) is 0. The summed E-state index contributed by atoms with van der Waals surface area (Å²) in [6.45, 7) is 10.4. The lowest BCUT2D eigenvalue weighted by Gasteiger charge is -2.31. The van der Waals surface area contributed by atoms with Crippen LogP contribution in [0.5, 0.6) is 0 Å². The van der Waals surface area contributed by atoms with E-state index < -0.39 is 5.60 Å². The molecule has 38 heavy (non-hydrogen) atoms. The molecule has 0 unspecified atom stereocenters. The van der Waals surface area contributed by atoms with E-state index in [4.69, 9.17) is 21.1 Å². The van der Waals surface area contributed by atoms with Crippen molar-refractivity contribution in [3.8, 4) is 6.07 Å². The highest BCUT2D eigenvalue weighted by Gasteiger charge is 2.34. The molecule has 0 radical (unpaired) electrons. The molecule has 0 spiro atoms. The van der Waals surface area contributed by atoms with Crippen molar-refractivity contribution in [2.75, 3.05) is 49.4 Å². The van der Waals surface area contributed by atoms with Crippen LogP contribution in [0.25, 0.3) is 21.9 Å². The van der Waals surface area contributed by atoms with Crippen molar-refractivity contribution in [2.24, 2.45) is 0 Å². The number of fused-ring (bicyclic) bond motifs is 3. The van der Waals surface area contributed by atoms with Gasteiger partial charge in [-0.05, 0) is 51.1 Å². The summed E-state index contributed by atoms with van der Waals surface area (Å²) in [6.07, 6.45) is 8.24. The molecule has 9 nitrogen and oxygen atoms in total. The van der Waals surface area contributed by atoms with Gasteiger partial charge in [-0.15, -0.1) is 0 Å². The fourth-order valence-corrected chi connectivity index (χ4v) is 5.55. The summed E-state index contributed by atoms with van der Waals surface area (Å²) in [5.41, 5.74) is 2.18. The summed E-state index contributed by atoms with van der Waals surface area (Å²) in [5.74, 6) is 0.985. The predicted molar refractivity (Wildman–Crippen MR) is 154 cm³/mol. The molecule has 0 saturated carbocycles. The highest BCUT2D eigenvalue weighted by Crippen LogP contribution is 2.41. The molecule has 1 fully saturated rings. The van der Waals surface area contributed by atoms with E-state index in [9.17, 15) is 10.1 Å². The third-order valence-corrected chi connectivity index (χ3v) is 7.81. The lowest BCUT2D eigenvalue weighted by Crippen LogP contribution is -2.44. The maximum atomic E-state index is 12.9. The van der Waals surface area contributed by atoms with Gasteiger partial charge >= 0.3 is 6.09 Å². The first-order valence-corrected chi connectivity index (χ1v) is 15.4. The van der Waals surface area contributed by atoms with Gasteiger partial charge in [0.1, 0.15) is 35.5 Å². The Bertz CT molecular complexity index is 1360. The van der Waals surface area contributed by atoms with E-state index in [0.29, 0.717) is 48.0 Å². The van der Waals surface area contributed by atoms with Crippen molar-refractivity contribution in [3.05, 3.63) is 29.2 Å². The van der Waals surface area contributed by atoms with Gasteiger partial charge in [-0.2, -0.15) is 5.26 Å². The number of nitriles is 1. The normalized spacial score (nSPS) is 16.0. The van der Waals surface area contributed by atoms with E-state index in [2.05, 4.69) is 33.4 Å². The lowest BCUT2D eigenvalue weighted by atomic mass is 10.1. The second-order valence-electron chi connectivity index (χ2n) is 10.7. The van der Waals surface area contributed by atoms with Crippen molar-refractivity contribution < 1.29 is 14.3 Å². The van der Waals surface area contributed by atoms with E-state index >= 15 is 0 Å². The van der Waals surface area contributed by atoms with Crippen LogP contribution in [0.3, 0.4) is 0 Å². The highest BCUT2D eigenvalue weighted by atomic mass is 35.5. The lowest BCUT2D eigenvalue weighted by molar-refractivity contribution is 0.0191. The highest BCUT2D eigenvalue weighted by molar-refractivity contribution is 7.95. The number of pyridine rings is 2. The van der Waals surface area contributed by atoms with E-state index in [1.165, 1.54) is 0 Å². The molecule has 1 saturated heterocycles. The summed E-state index contributed by atoms with van der Waals surface area (Å²) in [6, 6.07) is 3.92. The number of aromatic nitrogens is 3. The monoisotopic (exact) mass is 559 g/mol. The Morgan fingerprint density at radius 3 is 2.74 bits per heavy atom. The molecule has 1 atom stereocenters. The molecular formula is C27H36ClN6O3S+. The number of amides is 1. The van der Waals surface area contributed by atoms with Crippen molar-refractivity contribution in [1.82, 2.24) is 19.4 Å². The van der Waals surface area contributed by atoms with Crippen molar-refractivity contribution >= 4 is 56.2 Å². The van der Waals surface area contributed by atoms with Gasteiger partial charge in [-0.1, -0.05) is 11.6 Å². The summed E-state index contributed by atoms with van der Waals surface area (Å²) < 4.78 is 13.7. The van der Waals surface area contributed by atoms with Crippen LogP contribution < -0.4 is 4.90 Å². The fraction of sp³-hybridized carbons (Fsp3) is 0.556. The largest absolute Gasteiger partial charge is 0.444 e. The molecule has 1 aliphatic rings. The number of carbonyl (C=O) groups excluding carboxylic acids is 1. The zero-order chi connectivity index (χ0) is 27.6. The Labute approximate surface area is 232 Å². The Morgan fingerprint density at radius 2 is 2.08 bits per heavy atom. The predicted octanol–water partition coefficient (Wildman–Crippen LogP) is 4.80. The van der Waals surface area contributed by atoms with Crippen LogP contribution in [-0.2, 0) is 27.1 Å².